The van der Waals surface area contributed by atoms with Crippen LogP contribution in [-0.4, -0.2) is 19.2 Å². The van der Waals surface area contributed by atoms with Gasteiger partial charge < -0.3 is 9.47 Å². The second-order valence-corrected chi connectivity index (χ2v) is 5.49. The van der Waals surface area contributed by atoms with Gasteiger partial charge >= 0.3 is 5.97 Å². The Hall–Kier alpha value is -2.47. The quantitative estimate of drug-likeness (QED) is 0.401. The lowest BCUT2D eigenvalue weighted by Crippen LogP contribution is -2.05. The van der Waals surface area contributed by atoms with Crippen LogP contribution >= 0.6 is 0 Å². The number of hydrogen-bond acceptors (Lipinski definition) is 3. The SMILES string of the molecule is C#CCOC(=O)c1ccc(OC/C=C(\C)CCC=C(C)C)cc1. The van der Waals surface area contributed by atoms with Gasteiger partial charge in [-0.05, 0) is 64.0 Å². The lowest BCUT2D eigenvalue weighted by Gasteiger charge is -2.06. The van der Waals surface area contributed by atoms with E-state index < -0.39 is 5.97 Å². The molecule has 0 aliphatic rings. The molecule has 0 N–H and O–H groups in total. The molecule has 1 aromatic rings. The van der Waals surface area contributed by atoms with E-state index >= 15 is 0 Å². The standard InChI is InChI=1S/C20H24O3/c1-5-14-23-20(21)18-9-11-19(12-10-18)22-15-13-17(4)8-6-7-16(2)3/h1,7,9-13H,6,8,14-15H2,2-4H3/b17-13+. The summed E-state index contributed by atoms with van der Waals surface area (Å²) in [5.74, 6) is 2.55. The number of terminal acetylenes is 1. The van der Waals surface area contributed by atoms with Crippen LogP contribution in [0.5, 0.6) is 5.75 Å². The summed E-state index contributed by atoms with van der Waals surface area (Å²) >= 11 is 0. The molecule has 0 spiro atoms. The zero-order valence-electron chi connectivity index (χ0n) is 14.1. The van der Waals surface area contributed by atoms with Crippen molar-refractivity contribution in [1.29, 1.82) is 0 Å². The maximum absolute atomic E-state index is 11.6. The van der Waals surface area contributed by atoms with Gasteiger partial charge in [0.15, 0.2) is 6.61 Å². The highest BCUT2D eigenvalue weighted by Crippen LogP contribution is 2.14. The van der Waals surface area contributed by atoms with Crippen LogP contribution in [0.2, 0.25) is 0 Å². The second kappa shape index (κ2) is 10.3. The summed E-state index contributed by atoms with van der Waals surface area (Å²) < 4.78 is 10.5. The molecular formula is C20H24O3. The highest BCUT2D eigenvalue weighted by molar-refractivity contribution is 5.89. The molecule has 23 heavy (non-hydrogen) atoms. The zero-order chi connectivity index (χ0) is 17.1. The predicted molar refractivity (Wildman–Crippen MR) is 93.5 cm³/mol. The first-order valence-electron chi connectivity index (χ1n) is 7.65. The molecule has 0 amide bonds. The summed E-state index contributed by atoms with van der Waals surface area (Å²) in [4.78, 5) is 11.6. The van der Waals surface area contributed by atoms with Gasteiger partial charge in [-0.15, -0.1) is 6.42 Å². The number of esters is 1. The molecule has 0 radical (unpaired) electrons. The molecule has 0 saturated carbocycles. The van der Waals surface area contributed by atoms with Crippen LogP contribution in [-0.2, 0) is 4.74 Å². The number of hydrogen-bond donors (Lipinski definition) is 0. The summed E-state index contributed by atoms with van der Waals surface area (Å²) in [6.45, 7) is 6.81. The summed E-state index contributed by atoms with van der Waals surface area (Å²) in [6.07, 6.45) is 11.4. The van der Waals surface area contributed by atoms with Crippen molar-refractivity contribution < 1.29 is 14.3 Å². The Bertz CT molecular complexity index is 597. The van der Waals surface area contributed by atoms with Gasteiger partial charge in [0.2, 0.25) is 0 Å². The first-order valence-corrected chi connectivity index (χ1v) is 7.65. The number of carbonyl (C=O) groups excluding carboxylic acids is 1. The molecular weight excluding hydrogens is 288 g/mol. The van der Waals surface area contributed by atoms with Crippen molar-refractivity contribution in [3.05, 3.63) is 53.1 Å². The van der Waals surface area contributed by atoms with Gasteiger partial charge in [-0.25, -0.2) is 4.79 Å². The van der Waals surface area contributed by atoms with Crippen LogP contribution in [0.4, 0.5) is 0 Å². The lowest BCUT2D eigenvalue weighted by atomic mass is 10.1. The number of carbonyl (C=O) groups is 1. The van der Waals surface area contributed by atoms with Crippen LogP contribution in [0.3, 0.4) is 0 Å². The molecule has 0 aromatic heterocycles. The molecule has 122 valence electrons. The van der Waals surface area contributed by atoms with Crippen molar-refractivity contribution in [2.75, 3.05) is 13.2 Å². The van der Waals surface area contributed by atoms with Gasteiger partial charge in [0.25, 0.3) is 0 Å². The molecule has 0 unspecified atom stereocenters. The molecule has 1 rings (SSSR count). The third kappa shape index (κ3) is 7.92. The molecule has 0 atom stereocenters. The van der Waals surface area contributed by atoms with E-state index in [0.717, 1.165) is 12.8 Å². The molecule has 3 nitrogen and oxygen atoms in total. The van der Waals surface area contributed by atoms with Crippen LogP contribution in [0.25, 0.3) is 0 Å². The van der Waals surface area contributed by atoms with E-state index in [-0.39, 0.29) is 6.61 Å². The van der Waals surface area contributed by atoms with Gasteiger partial charge in [-0.2, -0.15) is 0 Å². The van der Waals surface area contributed by atoms with Gasteiger partial charge in [0, 0.05) is 0 Å². The minimum atomic E-state index is -0.426. The molecule has 0 saturated heterocycles. The summed E-state index contributed by atoms with van der Waals surface area (Å²) in [6, 6.07) is 6.83. The molecule has 0 heterocycles. The van der Waals surface area contributed by atoms with E-state index in [1.54, 1.807) is 24.3 Å². The number of allylic oxidation sites excluding steroid dienone is 3. The average Bonchev–Trinajstić information content (AvgIpc) is 2.53. The lowest BCUT2D eigenvalue weighted by molar-refractivity contribution is 0.0556. The summed E-state index contributed by atoms with van der Waals surface area (Å²) in [5, 5.41) is 0. The highest BCUT2D eigenvalue weighted by atomic mass is 16.5. The van der Waals surface area contributed by atoms with Gasteiger partial charge in [0.05, 0.1) is 5.56 Å². The average molecular weight is 312 g/mol. The van der Waals surface area contributed by atoms with Gasteiger partial charge in [-0.3, -0.25) is 0 Å². The Balaban J connectivity index is 2.42. The molecule has 0 aliphatic heterocycles. The van der Waals surface area contributed by atoms with E-state index in [1.807, 2.05) is 0 Å². The van der Waals surface area contributed by atoms with E-state index in [1.165, 1.54) is 11.1 Å². The summed E-state index contributed by atoms with van der Waals surface area (Å²) in [7, 11) is 0. The van der Waals surface area contributed by atoms with Crippen LogP contribution < -0.4 is 4.74 Å². The van der Waals surface area contributed by atoms with Crippen molar-refractivity contribution in [2.24, 2.45) is 0 Å². The topological polar surface area (TPSA) is 35.5 Å². The minimum Gasteiger partial charge on any atom is -0.490 e. The Labute approximate surface area is 139 Å². The first-order chi connectivity index (χ1) is 11.0. The Morgan fingerprint density at radius 3 is 2.48 bits per heavy atom. The van der Waals surface area contributed by atoms with E-state index in [4.69, 9.17) is 15.9 Å². The maximum atomic E-state index is 11.6. The number of ether oxygens (including phenoxy) is 2. The van der Waals surface area contributed by atoms with Crippen LogP contribution in [0.1, 0.15) is 44.0 Å². The Kier molecular flexibility index (Phi) is 8.31. The smallest absolute Gasteiger partial charge is 0.339 e. The van der Waals surface area contributed by atoms with Gasteiger partial charge in [0.1, 0.15) is 12.4 Å². The maximum Gasteiger partial charge on any atom is 0.339 e. The van der Waals surface area contributed by atoms with Crippen molar-refractivity contribution in [1.82, 2.24) is 0 Å². The van der Waals surface area contributed by atoms with E-state index in [0.29, 0.717) is 17.9 Å². The second-order valence-electron chi connectivity index (χ2n) is 5.49. The molecule has 3 heteroatoms. The van der Waals surface area contributed by atoms with Crippen molar-refractivity contribution in [3.8, 4) is 18.1 Å². The van der Waals surface area contributed by atoms with Crippen molar-refractivity contribution in [3.63, 3.8) is 0 Å². The monoisotopic (exact) mass is 312 g/mol. The summed E-state index contributed by atoms with van der Waals surface area (Å²) in [5.41, 5.74) is 3.10. The molecule has 0 aliphatic carbocycles. The minimum absolute atomic E-state index is 0.0199. The Morgan fingerprint density at radius 1 is 1.17 bits per heavy atom. The van der Waals surface area contributed by atoms with E-state index in [9.17, 15) is 4.79 Å². The fourth-order valence-corrected chi connectivity index (χ4v) is 1.85. The number of benzene rings is 1. The van der Waals surface area contributed by atoms with Crippen molar-refractivity contribution in [2.45, 2.75) is 33.6 Å². The predicted octanol–water partition coefficient (Wildman–Crippen LogP) is 4.55. The van der Waals surface area contributed by atoms with Gasteiger partial charge in [-0.1, -0.05) is 23.1 Å². The Morgan fingerprint density at radius 2 is 1.87 bits per heavy atom. The fraction of sp³-hybridized carbons (Fsp3) is 0.350. The molecule has 0 fully saturated rings. The normalized spacial score (nSPS) is 10.6. The third-order valence-corrected chi connectivity index (χ3v) is 3.15. The highest BCUT2D eigenvalue weighted by Gasteiger charge is 2.06. The van der Waals surface area contributed by atoms with Crippen LogP contribution in [0, 0.1) is 12.3 Å². The van der Waals surface area contributed by atoms with Crippen molar-refractivity contribution >= 4 is 5.97 Å². The zero-order valence-corrected chi connectivity index (χ0v) is 14.1. The largest absolute Gasteiger partial charge is 0.490 e. The number of rotatable bonds is 8. The van der Waals surface area contributed by atoms with Crippen LogP contribution in [0.15, 0.2) is 47.6 Å². The first kappa shape index (κ1) is 18.6. The fourth-order valence-electron chi connectivity index (χ4n) is 1.85. The molecule has 0 bridgehead atoms. The third-order valence-electron chi connectivity index (χ3n) is 3.15. The van der Waals surface area contributed by atoms with E-state index in [2.05, 4.69) is 38.8 Å². The molecule has 1 aromatic carbocycles.